The van der Waals surface area contributed by atoms with Gasteiger partial charge < -0.3 is 5.32 Å². The van der Waals surface area contributed by atoms with E-state index in [1.807, 2.05) is 0 Å². The van der Waals surface area contributed by atoms with Crippen molar-refractivity contribution in [3.05, 3.63) is 96.1 Å². The second-order valence-corrected chi connectivity index (χ2v) is 8.68. The molecule has 0 bridgehead atoms. The van der Waals surface area contributed by atoms with Crippen LogP contribution in [0, 0.1) is 0 Å². The van der Waals surface area contributed by atoms with Gasteiger partial charge in [0.15, 0.2) is 0 Å². The zero-order valence-electron chi connectivity index (χ0n) is 20.2. The molecule has 1 N–H and O–H groups in total. The van der Waals surface area contributed by atoms with E-state index in [0.717, 1.165) is 19.3 Å². The maximum Gasteiger partial charge on any atom is 0.243 e. The summed E-state index contributed by atoms with van der Waals surface area (Å²) in [5.74, 6) is -0.108. The number of hydrogen-bond donors (Lipinski definition) is 1. The molecular formula is C31H37NO. The van der Waals surface area contributed by atoms with Crippen molar-refractivity contribution in [2.45, 2.75) is 58.8 Å². The van der Waals surface area contributed by atoms with Crippen molar-refractivity contribution in [2.75, 3.05) is 6.54 Å². The van der Waals surface area contributed by atoms with Crippen molar-refractivity contribution in [1.29, 1.82) is 0 Å². The van der Waals surface area contributed by atoms with E-state index in [4.69, 9.17) is 0 Å². The minimum atomic E-state index is -0.108. The Morgan fingerprint density at radius 2 is 1.39 bits per heavy atom. The minimum absolute atomic E-state index is 0.108. The number of nitrogens with one attached hydrogen (secondary N) is 1. The van der Waals surface area contributed by atoms with Crippen LogP contribution < -0.4 is 5.32 Å². The van der Waals surface area contributed by atoms with Crippen molar-refractivity contribution in [3.63, 3.8) is 0 Å². The van der Waals surface area contributed by atoms with Gasteiger partial charge in [0.1, 0.15) is 0 Å². The summed E-state index contributed by atoms with van der Waals surface area (Å²) in [4.78, 5) is 11.2. The molecule has 0 atom stereocenters. The van der Waals surface area contributed by atoms with Crippen LogP contribution in [0.5, 0.6) is 0 Å². The average molecular weight is 440 g/mol. The van der Waals surface area contributed by atoms with Crippen molar-refractivity contribution < 1.29 is 4.79 Å². The largest absolute Gasteiger partial charge is 0.353 e. The molecule has 0 unspecified atom stereocenters. The predicted molar refractivity (Wildman–Crippen MR) is 141 cm³/mol. The normalized spacial score (nSPS) is 10.7. The molecule has 0 saturated carbocycles. The molecule has 0 aromatic heterocycles. The molecule has 2 heteroatoms. The number of carbonyl (C=O) groups excluding carboxylic acids is 1. The van der Waals surface area contributed by atoms with Gasteiger partial charge in [0.05, 0.1) is 0 Å². The lowest BCUT2D eigenvalue weighted by Crippen LogP contribution is -2.22. The quantitative estimate of drug-likeness (QED) is 0.229. The molecule has 2 nitrogen and oxygen atoms in total. The monoisotopic (exact) mass is 439 g/mol. The molecule has 0 fully saturated rings. The molecule has 0 heterocycles. The number of carbonyl (C=O) groups is 1. The number of rotatable bonds is 12. The van der Waals surface area contributed by atoms with Crippen LogP contribution in [0.4, 0.5) is 0 Å². The fourth-order valence-electron chi connectivity index (χ4n) is 4.22. The van der Waals surface area contributed by atoms with Gasteiger partial charge in [-0.15, -0.1) is 0 Å². The van der Waals surface area contributed by atoms with Crippen LogP contribution in [0.25, 0.3) is 22.3 Å². The molecular weight excluding hydrogens is 402 g/mol. The highest BCUT2D eigenvalue weighted by atomic mass is 16.1. The Bertz CT molecular complexity index is 1030. The summed E-state index contributed by atoms with van der Waals surface area (Å²) in [6.07, 6.45) is 9.21. The van der Waals surface area contributed by atoms with E-state index in [9.17, 15) is 4.79 Å². The molecule has 0 aliphatic rings. The van der Waals surface area contributed by atoms with E-state index in [-0.39, 0.29) is 5.91 Å². The first-order valence-corrected chi connectivity index (χ1v) is 12.4. The van der Waals surface area contributed by atoms with E-state index in [2.05, 4.69) is 92.5 Å². The van der Waals surface area contributed by atoms with Gasteiger partial charge in [-0.1, -0.05) is 100.0 Å². The molecule has 0 saturated heterocycles. The van der Waals surface area contributed by atoms with Crippen molar-refractivity contribution in [3.8, 4) is 22.3 Å². The Kier molecular flexibility index (Phi) is 9.50. The van der Waals surface area contributed by atoms with Crippen LogP contribution in [-0.4, -0.2) is 12.5 Å². The molecule has 0 aliphatic heterocycles. The second kappa shape index (κ2) is 12.8. The van der Waals surface area contributed by atoms with Gasteiger partial charge in [0.25, 0.3) is 0 Å². The Hall–Kier alpha value is -3.13. The van der Waals surface area contributed by atoms with Gasteiger partial charge >= 0.3 is 0 Å². The molecule has 33 heavy (non-hydrogen) atoms. The van der Waals surface area contributed by atoms with Crippen LogP contribution in [-0.2, 0) is 24.1 Å². The lowest BCUT2D eigenvalue weighted by atomic mass is 9.92. The van der Waals surface area contributed by atoms with E-state index >= 15 is 0 Å². The summed E-state index contributed by atoms with van der Waals surface area (Å²) in [6, 6.07) is 24.8. The average Bonchev–Trinajstić information content (AvgIpc) is 2.87. The maximum absolute atomic E-state index is 11.2. The van der Waals surface area contributed by atoms with Gasteiger partial charge in [-0.2, -0.15) is 0 Å². The highest BCUT2D eigenvalue weighted by Gasteiger charge is 2.07. The van der Waals surface area contributed by atoms with Gasteiger partial charge in [0, 0.05) is 6.54 Å². The van der Waals surface area contributed by atoms with Crippen LogP contribution in [0.3, 0.4) is 0 Å². The van der Waals surface area contributed by atoms with Crippen molar-refractivity contribution in [1.82, 2.24) is 5.32 Å². The van der Waals surface area contributed by atoms with E-state index in [1.54, 1.807) is 0 Å². The first-order valence-electron chi connectivity index (χ1n) is 12.4. The number of aryl methyl sites for hydroxylation is 3. The first-order chi connectivity index (χ1) is 16.1. The molecule has 0 radical (unpaired) electrons. The third-order valence-electron chi connectivity index (χ3n) is 6.23. The fraction of sp³-hybridized carbons (Fsp3) is 0.323. The third kappa shape index (κ3) is 7.18. The molecule has 0 spiro atoms. The van der Waals surface area contributed by atoms with Crippen LogP contribution in [0.1, 0.15) is 56.2 Å². The Morgan fingerprint density at radius 3 is 2.00 bits per heavy atom. The molecule has 172 valence electrons. The zero-order valence-corrected chi connectivity index (χ0v) is 20.2. The fourth-order valence-corrected chi connectivity index (χ4v) is 4.22. The number of amides is 1. The molecule has 0 aliphatic carbocycles. The topological polar surface area (TPSA) is 29.1 Å². The lowest BCUT2D eigenvalue weighted by molar-refractivity contribution is -0.116. The first kappa shape index (κ1) is 24.5. The predicted octanol–water partition coefficient (Wildman–Crippen LogP) is 7.55. The summed E-state index contributed by atoms with van der Waals surface area (Å²) < 4.78 is 0. The van der Waals surface area contributed by atoms with Gasteiger partial charge in [-0.3, -0.25) is 4.79 Å². The van der Waals surface area contributed by atoms with E-state index in [1.165, 1.54) is 70.7 Å². The highest BCUT2D eigenvalue weighted by molar-refractivity contribution is 5.86. The minimum Gasteiger partial charge on any atom is -0.353 e. The standard InChI is InChI=1S/C31H37NO/c1-4-7-8-10-24-12-16-27(17-13-24)29-20-21-30(26(5-2)23-29)28-18-14-25(15-19-28)11-9-22-32-31(33)6-3/h6,12-21,23H,3-5,7-11,22H2,1-2H3,(H,32,33). The van der Waals surface area contributed by atoms with E-state index < -0.39 is 0 Å². The van der Waals surface area contributed by atoms with Gasteiger partial charge in [-0.25, -0.2) is 0 Å². The van der Waals surface area contributed by atoms with Crippen molar-refractivity contribution in [2.24, 2.45) is 0 Å². The van der Waals surface area contributed by atoms with E-state index in [0.29, 0.717) is 6.54 Å². The summed E-state index contributed by atoms with van der Waals surface area (Å²) >= 11 is 0. The van der Waals surface area contributed by atoms with Gasteiger partial charge in [-0.05, 0) is 77.1 Å². The summed E-state index contributed by atoms with van der Waals surface area (Å²) in [5.41, 5.74) is 9.24. The number of benzene rings is 3. The maximum atomic E-state index is 11.2. The smallest absolute Gasteiger partial charge is 0.243 e. The zero-order chi connectivity index (χ0) is 23.5. The second-order valence-electron chi connectivity index (χ2n) is 8.68. The summed E-state index contributed by atoms with van der Waals surface area (Å²) in [7, 11) is 0. The number of unbranched alkanes of at least 4 members (excludes halogenated alkanes) is 2. The Balaban J connectivity index is 1.67. The number of hydrogen-bond acceptors (Lipinski definition) is 1. The third-order valence-corrected chi connectivity index (χ3v) is 6.23. The molecule has 1 amide bonds. The SMILES string of the molecule is C=CC(=O)NCCCc1ccc(-c2ccc(-c3ccc(CCCCC)cc3)cc2CC)cc1. The Morgan fingerprint density at radius 1 is 0.788 bits per heavy atom. The van der Waals surface area contributed by atoms with Crippen LogP contribution in [0.15, 0.2) is 79.4 Å². The Labute approximate surface area is 199 Å². The molecule has 3 aromatic rings. The van der Waals surface area contributed by atoms with Crippen LogP contribution >= 0.6 is 0 Å². The van der Waals surface area contributed by atoms with Gasteiger partial charge in [0.2, 0.25) is 5.91 Å². The molecule has 3 aromatic carbocycles. The highest BCUT2D eigenvalue weighted by Crippen LogP contribution is 2.30. The van der Waals surface area contributed by atoms with Crippen molar-refractivity contribution >= 4 is 5.91 Å². The van der Waals surface area contributed by atoms with Crippen LogP contribution in [0.2, 0.25) is 0 Å². The lowest BCUT2D eigenvalue weighted by Gasteiger charge is -2.12. The summed E-state index contributed by atoms with van der Waals surface area (Å²) in [5, 5.41) is 2.83. The summed E-state index contributed by atoms with van der Waals surface area (Å²) in [6.45, 7) is 8.63. The molecule has 3 rings (SSSR count).